The van der Waals surface area contributed by atoms with Gasteiger partial charge in [-0.1, -0.05) is 0 Å². The average Bonchev–Trinajstić information content (AvgIpc) is 2.62. The van der Waals surface area contributed by atoms with Crippen molar-refractivity contribution in [2.24, 2.45) is 0 Å². The standard InChI is InChI=1S/C7H9N3O2/c11-5-6-12-10-3-1-7-8-2-4-9(7)10/h1-4,11H,5-6H2. The maximum atomic E-state index is 8.52. The monoisotopic (exact) mass is 167 g/mol. The first-order valence-corrected chi connectivity index (χ1v) is 3.66. The van der Waals surface area contributed by atoms with E-state index in [0.29, 0.717) is 0 Å². The van der Waals surface area contributed by atoms with E-state index in [2.05, 4.69) is 4.98 Å². The SMILES string of the molecule is OCCOn1ccc2nccn21. The van der Waals surface area contributed by atoms with Gasteiger partial charge in [0.2, 0.25) is 0 Å². The van der Waals surface area contributed by atoms with Gasteiger partial charge in [0, 0.05) is 12.3 Å². The highest BCUT2D eigenvalue weighted by atomic mass is 16.7. The van der Waals surface area contributed by atoms with Gasteiger partial charge in [-0.05, 0) is 0 Å². The third-order valence-corrected chi connectivity index (χ3v) is 1.53. The lowest BCUT2D eigenvalue weighted by molar-refractivity contribution is 0.0475. The predicted octanol–water partition coefficient (Wildman–Crippen LogP) is -0.443. The Balaban J connectivity index is 2.28. The van der Waals surface area contributed by atoms with E-state index in [0.717, 1.165) is 5.65 Å². The summed E-state index contributed by atoms with van der Waals surface area (Å²) in [6.45, 7) is 0.288. The minimum absolute atomic E-state index is 0.00830. The molecule has 0 radical (unpaired) electrons. The van der Waals surface area contributed by atoms with Crippen LogP contribution in [0.1, 0.15) is 0 Å². The number of fused-ring (bicyclic) bond motifs is 1. The summed E-state index contributed by atoms with van der Waals surface area (Å²) in [6, 6.07) is 1.83. The number of hydrogen-bond donors (Lipinski definition) is 1. The van der Waals surface area contributed by atoms with Gasteiger partial charge in [-0.2, -0.15) is 0 Å². The zero-order valence-electron chi connectivity index (χ0n) is 6.42. The van der Waals surface area contributed by atoms with Crippen molar-refractivity contribution in [3.8, 4) is 0 Å². The highest BCUT2D eigenvalue weighted by Gasteiger charge is 1.98. The zero-order valence-corrected chi connectivity index (χ0v) is 6.42. The van der Waals surface area contributed by atoms with Gasteiger partial charge in [-0.15, -0.1) is 4.85 Å². The van der Waals surface area contributed by atoms with E-state index in [1.165, 1.54) is 4.85 Å². The molecule has 0 amide bonds. The van der Waals surface area contributed by atoms with Crippen LogP contribution >= 0.6 is 0 Å². The number of aliphatic hydroxyl groups is 1. The summed E-state index contributed by atoms with van der Waals surface area (Å²) in [5.74, 6) is 0. The Morgan fingerprint density at radius 2 is 2.42 bits per heavy atom. The molecule has 5 nitrogen and oxygen atoms in total. The summed E-state index contributed by atoms with van der Waals surface area (Å²) >= 11 is 0. The van der Waals surface area contributed by atoms with Crippen LogP contribution in [0, 0.1) is 0 Å². The summed E-state index contributed by atoms with van der Waals surface area (Å²) in [4.78, 5) is 10.7. The fourth-order valence-electron chi connectivity index (χ4n) is 1.04. The molecule has 0 aromatic carbocycles. The third kappa shape index (κ3) is 1.04. The minimum atomic E-state index is 0.00830. The number of nitrogens with zero attached hydrogens (tertiary/aromatic N) is 3. The molecule has 0 bridgehead atoms. The molecule has 0 unspecified atom stereocenters. The second kappa shape index (κ2) is 2.86. The van der Waals surface area contributed by atoms with Crippen LogP contribution in [-0.4, -0.2) is 32.7 Å². The average molecular weight is 167 g/mol. The topological polar surface area (TPSA) is 51.7 Å². The molecule has 0 atom stereocenters. The molecule has 12 heavy (non-hydrogen) atoms. The highest BCUT2D eigenvalue weighted by Crippen LogP contribution is 1.98. The molecule has 2 heterocycles. The summed E-state index contributed by atoms with van der Waals surface area (Å²) in [5, 5.41) is 8.52. The lowest BCUT2D eigenvalue weighted by Gasteiger charge is -2.04. The van der Waals surface area contributed by atoms with Gasteiger partial charge in [0.1, 0.15) is 6.61 Å². The van der Waals surface area contributed by atoms with Crippen LogP contribution in [0.2, 0.25) is 0 Å². The maximum Gasteiger partial charge on any atom is 0.156 e. The van der Waals surface area contributed by atoms with Crippen LogP contribution in [0.3, 0.4) is 0 Å². The molecule has 0 saturated heterocycles. The first kappa shape index (κ1) is 7.17. The van der Waals surface area contributed by atoms with E-state index in [9.17, 15) is 0 Å². The Bertz CT molecular complexity index is 365. The van der Waals surface area contributed by atoms with Crippen molar-refractivity contribution in [1.82, 2.24) is 14.3 Å². The molecule has 2 rings (SSSR count). The number of aliphatic hydroxyl groups excluding tert-OH is 1. The zero-order chi connectivity index (χ0) is 8.39. The number of aromatic nitrogens is 3. The van der Waals surface area contributed by atoms with Gasteiger partial charge in [-0.3, -0.25) is 0 Å². The molecule has 0 aliphatic carbocycles. The lowest BCUT2D eigenvalue weighted by Crippen LogP contribution is -2.18. The molecule has 0 spiro atoms. The second-order valence-electron chi connectivity index (χ2n) is 2.31. The molecule has 64 valence electrons. The summed E-state index contributed by atoms with van der Waals surface area (Å²) in [6.07, 6.45) is 5.22. The van der Waals surface area contributed by atoms with E-state index in [-0.39, 0.29) is 13.2 Å². The minimum Gasteiger partial charge on any atom is -0.396 e. The van der Waals surface area contributed by atoms with Crippen molar-refractivity contribution in [1.29, 1.82) is 0 Å². The summed E-state index contributed by atoms with van der Waals surface area (Å²) in [7, 11) is 0. The van der Waals surface area contributed by atoms with Crippen LogP contribution in [-0.2, 0) is 0 Å². The molecule has 0 fully saturated rings. The molecular formula is C7H9N3O2. The van der Waals surface area contributed by atoms with Crippen molar-refractivity contribution < 1.29 is 9.94 Å². The van der Waals surface area contributed by atoms with Crippen LogP contribution in [0.4, 0.5) is 0 Å². The van der Waals surface area contributed by atoms with Crippen molar-refractivity contribution in [2.45, 2.75) is 0 Å². The van der Waals surface area contributed by atoms with Crippen LogP contribution < -0.4 is 4.84 Å². The molecule has 0 aliphatic rings. The largest absolute Gasteiger partial charge is 0.396 e. The Morgan fingerprint density at radius 1 is 1.50 bits per heavy atom. The second-order valence-corrected chi connectivity index (χ2v) is 2.31. The van der Waals surface area contributed by atoms with E-state index < -0.39 is 0 Å². The Kier molecular flexibility index (Phi) is 1.71. The molecule has 5 heteroatoms. The summed E-state index contributed by atoms with van der Waals surface area (Å²) < 4.78 is 1.75. The van der Waals surface area contributed by atoms with Crippen molar-refractivity contribution in [3.63, 3.8) is 0 Å². The predicted molar refractivity (Wildman–Crippen MR) is 41.7 cm³/mol. The molecule has 2 aromatic heterocycles. The van der Waals surface area contributed by atoms with Crippen LogP contribution in [0.25, 0.3) is 5.65 Å². The summed E-state index contributed by atoms with van der Waals surface area (Å²) in [5.41, 5.74) is 0.827. The fourth-order valence-corrected chi connectivity index (χ4v) is 1.04. The van der Waals surface area contributed by atoms with E-state index in [4.69, 9.17) is 9.94 Å². The molecule has 0 aliphatic heterocycles. The molecule has 1 N–H and O–H groups in total. The maximum absolute atomic E-state index is 8.52. The molecular weight excluding hydrogens is 158 g/mol. The van der Waals surface area contributed by atoms with E-state index in [1.807, 2.05) is 6.07 Å². The highest BCUT2D eigenvalue weighted by molar-refractivity contribution is 5.35. The van der Waals surface area contributed by atoms with Crippen LogP contribution in [0.5, 0.6) is 0 Å². The fraction of sp³-hybridized carbons (Fsp3) is 0.286. The lowest BCUT2D eigenvalue weighted by atomic mass is 10.7. The van der Waals surface area contributed by atoms with E-state index in [1.54, 1.807) is 23.1 Å². The first-order chi connectivity index (χ1) is 5.92. The van der Waals surface area contributed by atoms with Crippen molar-refractivity contribution >= 4 is 5.65 Å². The Labute approximate surface area is 68.7 Å². The van der Waals surface area contributed by atoms with Gasteiger partial charge in [0.25, 0.3) is 0 Å². The number of hydrogen-bond acceptors (Lipinski definition) is 3. The van der Waals surface area contributed by atoms with Gasteiger partial charge in [0.05, 0.1) is 19.0 Å². The molecule has 2 aromatic rings. The Hall–Kier alpha value is -1.49. The van der Waals surface area contributed by atoms with Gasteiger partial charge in [0.15, 0.2) is 5.65 Å². The van der Waals surface area contributed by atoms with Crippen molar-refractivity contribution in [3.05, 3.63) is 24.7 Å². The van der Waals surface area contributed by atoms with Crippen molar-refractivity contribution in [2.75, 3.05) is 13.2 Å². The normalized spacial score (nSPS) is 10.8. The Morgan fingerprint density at radius 3 is 3.25 bits per heavy atom. The van der Waals surface area contributed by atoms with E-state index >= 15 is 0 Å². The smallest absolute Gasteiger partial charge is 0.156 e. The van der Waals surface area contributed by atoms with Gasteiger partial charge < -0.3 is 9.94 Å². The third-order valence-electron chi connectivity index (χ3n) is 1.53. The number of rotatable bonds is 3. The first-order valence-electron chi connectivity index (χ1n) is 3.66. The van der Waals surface area contributed by atoms with Gasteiger partial charge in [-0.25, -0.2) is 9.50 Å². The molecule has 0 saturated carbocycles. The quantitative estimate of drug-likeness (QED) is 0.674. The van der Waals surface area contributed by atoms with Gasteiger partial charge >= 0.3 is 0 Å². The van der Waals surface area contributed by atoms with Crippen LogP contribution in [0.15, 0.2) is 24.7 Å². The number of imidazole rings is 1.